The van der Waals surface area contributed by atoms with Gasteiger partial charge in [-0.05, 0) is 49.4 Å². The smallest absolute Gasteiger partial charge is 0.416 e. The SMILES string of the molecule is COC(=O)c1cc(C(F)(F)F)cc(C(C)(F)C2CC2)c1. The highest BCUT2D eigenvalue weighted by molar-refractivity contribution is 5.89. The molecule has 6 heteroatoms. The highest BCUT2D eigenvalue weighted by atomic mass is 19.4. The molecule has 0 saturated heterocycles. The molecule has 1 atom stereocenters. The molecule has 2 rings (SSSR count). The third-order valence-corrected chi connectivity index (χ3v) is 3.59. The van der Waals surface area contributed by atoms with Crippen LogP contribution in [0.5, 0.6) is 0 Å². The number of alkyl halides is 4. The lowest BCUT2D eigenvalue weighted by Crippen LogP contribution is -2.20. The van der Waals surface area contributed by atoms with E-state index in [-0.39, 0.29) is 17.0 Å². The fraction of sp³-hybridized carbons (Fsp3) is 0.500. The van der Waals surface area contributed by atoms with Crippen molar-refractivity contribution >= 4 is 5.97 Å². The van der Waals surface area contributed by atoms with Crippen molar-refractivity contribution in [2.24, 2.45) is 5.92 Å². The zero-order chi connectivity index (χ0) is 15.1. The Labute approximate surface area is 113 Å². The second-order valence-electron chi connectivity index (χ2n) is 5.14. The molecule has 0 aromatic heterocycles. The van der Waals surface area contributed by atoms with Crippen molar-refractivity contribution in [2.75, 3.05) is 7.11 Å². The van der Waals surface area contributed by atoms with Crippen LogP contribution in [0.2, 0.25) is 0 Å². The first-order valence-electron chi connectivity index (χ1n) is 6.16. The van der Waals surface area contributed by atoms with Gasteiger partial charge in [-0.25, -0.2) is 9.18 Å². The molecule has 2 nitrogen and oxygen atoms in total. The predicted molar refractivity (Wildman–Crippen MR) is 64.0 cm³/mol. The van der Waals surface area contributed by atoms with E-state index in [0.29, 0.717) is 18.9 Å². The van der Waals surface area contributed by atoms with Crippen LogP contribution in [0.15, 0.2) is 18.2 Å². The number of hydrogen-bond donors (Lipinski definition) is 0. The fourth-order valence-corrected chi connectivity index (χ4v) is 2.17. The molecule has 110 valence electrons. The summed E-state index contributed by atoms with van der Waals surface area (Å²) in [5.74, 6) is -1.21. The fourth-order valence-electron chi connectivity index (χ4n) is 2.17. The molecule has 1 aromatic rings. The van der Waals surface area contributed by atoms with Crippen molar-refractivity contribution in [1.29, 1.82) is 0 Å². The van der Waals surface area contributed by atoms with Crippen LogP contribution in [0.3, 0.4) is 0 Å². The van der Waals surface area contributed by atoms with Gasteiger partial charge in [0.1, 0.15) is 5.67 Å². The lowest BCUT2D eigenvalue weighted by atomic mass is 9.90. The van der Waals surface area contributed by atoms with Crippen molar-refractivity contribution in [3.05, 3.63) is 34.9 Å². The van der Waals surface area contributed by atoms with Gasteiger partial charge in [-0.2, -0.15) is 13.2 Å². The van der Waals surface area contributed by atoms with Crippen LogP contribution in [0.4, 0.5) is 17.6 Å². The number of carbonyl (C=O) groups is 1. The van der Waals surface area contributed by atoms with Crippen LogP contribution in [-0.2, 0) is 16.6 Å². The first-order valence-corrected chi connectivity index (χ1v) is 6.16. The van der Waals surface area contributed by atoms with Gasteiger partial charge < -0.3 is 4.74 Å². The lowest BCUT2D eigenvalue weighted by molar-refractivity contribution is -0.137. The minimum Gasteiger partial charge on any atom is -0.465 e. The van der Waals surface area contributed by atoms with Crippen LogP contribution >= 0.6 is 0 Å². The molecule has 0 N–H and O–H groups in total. The first kappa shape index (κ1) is 14.8. The van der Waals surface area contributed by atoms with E-state index in [1.807, 2.05) is 0 Å². The number of hydrogen-bond acceptors (Lipinski definition) is 2. The number of ether oxygens (including phenoxy) is 1. The van der Waals surface area contributed by atoms with E-state index in [0.717, 1.165) is 19.2 Å². The van der Waals surface area contributed by atoms with Gasteiger partial charge in [0.15, 0.2) is 0 Å². The molecular formula is C14H14F4O2. The molecule has 0 heterocycles. The lowest BCUT2D eigenvalue weighted by Gasteiger charge is -2.22. The Hall–Kier alpha value is -1.59. The van der Waals surface area contributed by atoms with Crippen molar-refractivity contribution in [1.82, 2.24) is 0 Å². The van der Waals surface area contributed by atoms with Crippen molar-refractivity contribution in [3.63, 3.8) is 0 Å². The molecule has 1 aliphatic rings. The van der Waals surface area contributed by atoms with Gasteiger partial charge in [0, 0.05) is 0 Å². The van der Waals surface area contributed by atoms with E-state index >= 15 is 0 Å². The summed E-state index contributed by atoms with van der Waals surface area (Å²) in [6.07, 6.45) is -3.37. The summed E-state index contributed by atoms with van der Waals surface area (Å²) < 4.78 is 57.6. The summed E-state index contributed by atoms with van der Waals surface area (Å²) in [4.78, 5) is 11.4. The average Bonchev–Trinajstić information content (AvgIpc) is 3.20. The van der Waals surface area contributed by atoms with E-state index in [1.54, 1.807) is 0 Å². The van der Waals surface area contributed by atoms with Gasteiger partial charge in [0.05, 0.1) is 18.2 Å². The molecular weight excluding hydrogens is 276 g/mol. The monoisotopic (exact) mass is 290 g/mol. The topological polar surface area (TPSA) is 26.3 Å². The number of benzene rings is 1. The molecule has 1 saturated carbocycles. The maximum atomic E-state index is 14.6. The Kier molecular flexibility index (Phi) is 3.52. The van der Waals surface area contributed by atoms with Crippen LogP contribution in [0, 0.1) is 5.92 Å². The Morgan fingerprint density at radius 2 is 1.70 bits per heavy atom. The zero-order valence-corrected chi connectivity index (χ0v) is 11.1. The van der Waals surface area contributed by atoms with Gasteiger partial charge in [-0.15, -0.1) is 0 Å². The van der Waals surface area contributed by atoms with Crippen molar-refractivity contribution in [2.45, 2.75) is 31.6 Å². The molecule has 20 heavy (non-hydrogen) atoms. The van der Waals surface area contributed by atoms with E-state index in [1.165, 1.54) is 6.92 Å². The van der Waals surface area contributed by atoms with Gasteiger partial charge >= 0.3 is 12.1 Å². The summed E-state index contributed by atoms with van der Waals surface area (Å²) in [7, 11) is 1.07. The second-order valence-corrected chi connectivity index (χ2v) is 5.14. The highest BCUT2D eigenvalue weighted by Gasteiger charge is 2.44. The van der Waals surface area contributed by atoms with Crippen LogP contribution in [0.1, 0.15) is 41.3 Å². The highest BCUT2D eigenvalue weighted by Crippen LogP contribution is 2.49. The minimum absolute atomic E-state index is 0.129. The minimum atomic E-state index is -4.64. The van der Waals surface area contributed by atoms with Crippen molar-refractivity contribution < 1.29 is 27.1 Å². The standard InChI is InChI=1S/C14H14F4O2/c1-13(15,9-3-4-9)10-5-8(12(19)20-2)6-11(7-10)14(16,17)18/h5-7,9H,3-4H2,1-2H3. The summed E-state index contributed by atoms with van der Waals surface area (Å²) >= 11 is 0. The third-order valence-electron chi connectivity index (χ3n) is 3.59. The quantitative estimate of drug-likeness (QED) is 0.619. The predicted octanol–water partition coefficient (Wildman–Crippen LogP) is 4.09. The largest absolute Gasteiger partial charge is 0.465 e. The van der Waals surface area contributed by atoms with Crippen LogP contribution in [0.25, 0.3) is 0 Å². The van der Waals surface area contributed by atoms with Gasteiger partial charge in [-0.1, -0.05) is 0 Å². The Balaban J connectivity index is 2.53. The molecule has 0 radical (unpaired) electrons. The summed E-state index contributed by atoms with van der Waals surface area (Å²) in [6, 6.07) is 2.59. The van der Waals surface area contributed by atoms with Gasteiger partial charge in [0.25, 0.3) is 0 Å². The first-order chi connectivity index (χ1) is 9.16. The molecule has 0 spiro atoms. The average molecular weight is 290 g/mol. The Morgan fingerprint density at radius 1 is 1.15 bits per heavy atom. The molecule has 1 aromatic carbocycles. The molecule has 0 amide bonds. The number of halogens is 4. The van der Waals surface area contributed by atoms with Crippen molar-refractivity contribution in [3.8, 4) is 0 Å². The van der Waals surface area contributed by atoms with E-state index in [9.17, 15) is 22.4 Å². The van der Waals surface area contributed by atoms with E-state index < -0.39 is 23.4 Å². The summed E-state index contributed by atoms with van der Waals surface area (Å²) in [5.41, 5.74) is -3.33. The number of methoxy groups -OCH3 is 1. The summed E-state index contributed by atoms with van der Waals surface area (Å²) in [5, 5.41) is 0. The maximum absolute atomic E-state index is 14.6. The normalized spacial score (nSPS) is 18.5. The second kappa shape index (κ2) is 4.75. The van der Waals surface area contributed by atoms with Gasteiger partial charge in [-0.3, -0.25) is 0 Å². The molecule has 1 aliphatic carbocycles. The number of carbonyl (C=O) groups excluding carboxylic acids is 1. The third kappa shape index (κ3) is 2.78. The zero-order valence-electron chi connectivity index (χ0n) is 11.1. The van der Waals surface area contributed by atoms with Crippen LogP contribution in [-0.4, -0.2) is 13.1 Å². The maximum Gasteiger partial charge on any atom is 0.416 e. The Bertz CT molecular complexity index is 530. The van der Waals surface area contributed by atoms with Crippen LogP contribution < -0.4 is 0 Å². The summed E-state index contributed by atoms with van der Waals surface area (Å²) in [6.45, 7) is 1.25. The van der Waals surface area contributed by atoms with E-state index in [2.05, 4.69) is 4.74 Å². The molecule has 0 bridgehead atoms. The Morgan fingerprint density at radius 3 is 2.15 bits per heavy atom. The molecule has 0 aliphatic heterocycles. The number of rotatable bonds is 3. The van der Waals surface area contributed by atoms with Gasteiger partial charge in [0.2, 0.25) is 0 Å². The number of esters is 1. The molecule has 1 unspecified atom stereocenters. The molecule has 1 fully saturated rings. The van der Waals surface area contributed by atoms with E-state index in [4.69, 9.17) is 0 Å².